The number of ether oxygens (including phenoxy) is 1. The summed E-state index contributed by atoms with van der Waals surface area (Å²) in [5, 5.41) is 2.71. The van der Waals surface area contributed by atoms with Crippen LogP contribution in [0.25, 0.3) is 0 Å². The Morgan fingerprint density at radius 2 is 1.80 bits per heavy atom. The molecule has 2 aliphatic rings. The summed E-state index contributed by atoms with van der Waals surface area (Å²) in [6, 6.07) is 8.49. The molecular weight excluding hydrogens is 322 g/mol. The van der Waals surface area contributed by atoms with Gasteiger partial charge in [-0.15, -0.1) is 0 Å². The number of urea groups is 1. The van der Waals surface area contributed by atoms with Crippen molar-refractivity contribution >= 4 is 17.8 Å². The highest BCUT2D eigenvalue weighted by Crippen LogP contribution is 2.28. The zero-order valence-corrected chi connectivity index (χ0v) is 14.7. The number of nitrogens with one attached hydrogen (secondary N) is 1. The molecule has 25 heavy (non-hydrogen) atoms. The zero-order chi connectivity index (χ0) is 18.2. The maximum absolute atomic E-state index is 12.8. The number of hydrogen-bond acceptors (Lipinski definition) is 4. The molecular formula is C18H23N3O4. The SMILES string of the molecule is C[C@@H]1CN(C(=O)CN2C(=O)N[C@@](C)(c3ccccc3)C2=O)C[C@H](C)O1. The van der Waals surface area contributed by atoms with Gasteiger partial charge in [0.15, 0.2) is 0 Å². The number of benzene rings is 1. The first-order valence-corrected chi connectivity index (χ1v) is 8.44. The largest absolute Gasteiger partial charge is 0.372 e. The minimum absolute atomic E-state index is 0.0645. The Kier molecular flexibility index (Phi) is 4.51. The zero-order valence-electron chi connectivity index (χ0n) is 14.7. The van der Waals surface area contributed by atoms with Crippen LogP contribution < -0.4 is 5.32 Å². The number of morpholine rings is 1. The Balaban J connectivity index is 1.74. The second-order valence-corrected chi connectivity index (χ2v) is 6.87. The Bertz CT molecular complexity index is 683. The van der Waals surface area contributed by atoms with E-state index in [0.717, 1.165) is 4.90 Å². The normalized spacial score (nSPS) is 29.7. The fraction of sp³-hybridized carbons (Fsp3) is 0.500. The third-order valence-electron chi connectivity index (χ3n) is 4.69. The number of amides is 4. The van der Waals surface area contributed by atoms with Crippen LogP contribution in [-0.2, 0) is 19.9 Å². The standard InChI is InChI=1S/C18H23N3O4/c1-12-9-20(10-13(2)25-12)15(22)11-21-16(23)18(3,19-17(21)24)14-7-5-4-6-8-14/h4-8,12-13H,9-11H2,1-3H3,(H,19,24)/t12-,13+,18-/m0/s1. The van der Waals surface area contributed by atoms with E-state index in [-0.39, 0.29) is 24.7 Å². The number of hydrogen-bond donors (Lipinski definition) is 1. The molecule has 0 aromatic heterocycles. The van der Waals surface area contributed by atoms with Crippen LogP contribution >= 0.6 is 0 Å². The smallest absolute Gasteiger partial charge is 0.325 e. The van der Waals surface area contributed by atoms with Gasteiger partial charge in [-0.2, -0.15) is 0 Å². The highest BCUT2D eigenvalue weighted by molar-refractivity contribution is 6.09. The second-order valence-electron chi connectivity index (χ2n) is 6.87. The first-order valence-electron chi connectivity index (χ1n) is 8.44. The molecule has 0 unspecified atom stereocenters. The van der Waals surface area contributed by atoms with Gasteiger partial charge in [-0.3, -0.25) is 14.5 Å². The molecule has 7 nitrogen and oxygen atoms in total. The topological polar surface area (TPSA) is 79.0 Å². The van der Waals surface area contributed by atoms with Gasteiger partial charge in [-0.1, -0.05) is 30.3 Å². The lowest BCUT2D eigenvalue weighted by Crippen LogP contribution is -2.52. The molecule has 4 amide bonds. The monoisotopic (exact) mass is 345 g/mol. The van der Waals surface area contributed by atoms with Crippen LogP contribution in [0.3, 0.4) is 0 Å². The molecule has 3 atom stereocenters. The molecule has 2 saturated heterocycles. The molecule has 0 radical (unpaired) electrons. The molecule has 0 spiro atoms. The minimum Gasteiger partial charge on any atom is -0.372 e. The van der Waals surface area contributed by atoms with Crippen molar-refractivity contribution in [1.29, 1.82) is 0 Å². The van der Waals surface area contributed by atoms with Gasteiger partial charge in [-0.25, -0.2) is 4.79 Å². The van der Waals surface area contributed by atoms with E-state index in [0.29, 0.717) is 18.7 Å². The van der Waals surface area contributed by atoms with Crippen molar-refractivity contribution in [2.24, 2.45) is 0 Å². The van der Waals surface area contributed by atoms with Gasteiger partial charge in [0, 0.05) is 13.1 Å². The summed E-state index contributed by atoms with van der Waals surface area (Å²) in [6.07, 6.45) is -0.129. The van der Waals surface area contributed by atoms with Crippen LogP contribution in [0.2, 0.25) is 0 Å². The van der Waals surface area contributed by atoms with E-state index < -0.39 is 17.5 Å². The molecule has 0 aliphatic carbocycles. The lowest BCUT2D eigenvalue weighted by molar-refractivity contribution is -0.146. The van der Waals surface area contributed by atoms with E-state index in [4.69, 9.17) is 4.74 Å². The number of imide groups is 1. The molecule has 2 aliphatic heterocycles. The van der Waals surface area contributed by atoms with E-state index >= 15 is 0 Å². The lowest BCUT2D eigenvalue weighted by atomic mass is 9.92. The number of carbonyl (C=O) groups is 3. The van der Waals surface area contributed by atoms with E-state index in [2.05, 4.69) is 5.32 Å². The average molecular weight is 345 g/mol. The fourth-order valence-electron chi connectivity index (χ4n) is 3.42. The summed E-state index contributed by atoms with van der Waals surface area (Å²) in [7, 11) is 0. The van der Waals surface area contributed by atoms with Crippen molar-refractivity contribution in [3.8, 4) is 0 Å². The Hall–Kier alpha value is -2.41. The molecule has 1 aromatic rings. The molecule has 0 bridgehead atoms. The maximum atomic E-state index is 12.8. The summed E-state index contributed by atoms with van der Waals surface area (Å²) in [6.45, 7) is 6.12. The molecule has 2 heterocycles. The highest BCUT2D eigenvalue weighted by atomic mass is 16.5. The Morgan fingerprint density at radius 3 is 2.40 bits per heavy atom. The summed E-state index contributed by atoms with van der Waals surface area (Å²) < 4.78 is 5.62. The van der Waals surface area contributed by atoms with Crippen molar-refractivity contribution in [3.05, 3.63) is 35.9 Å². The average Bonchev–Trinajstić information content (AvgIpc) is 2.79. The Morgan fingerprint density at radius 1 is 1.20 bits per heavy atom. The lowest BCUT2D eigenvalue weighted by Gasteiger charge is -2.35. The summed E-state index contributed by atoms with van der Waals surface area (Å²) in [5.74, 6) is -0.658. The number of nitrogens with zero attached hydrogens (tertiary/aromatic N) is 2. The number of rotatable bonds is 3. The van der Waals surface area contributed by atoms with Crippen molar-refractivity contribution < 1.29 is 19.1 Å². The van der Waals surface area contributed by atoms with E-state index in [9.17, 15) is 14.4 Å². The molecule has 3 rings (SSSR count). The molecule has 1 aromatic carbocycles. The van der Waals surface area contributed by atoms with Crippen molar-refractivity contribution in [2.45, 2.75) is 38.5 Å². The first-order chi connectivity index (χ1) is 11.8. The van der Waals surface area contributed by atoms with E-state index in [1.807, 2.05) is 32.0 Å². The van der Waals surface area contributed by atoms with Crippen molar-refractivity contribution in [2.75, 3.05) is 19.6 Å². The minimum atomic E-state index is -1.15. The highest BCUT2D eigenvalue weighted by Gasteiger charge is 2.49. The van der Waals surface area contributed by atoms with Gasteiger partial charge in [0.2, 0.25) is 5.91 Å². The van der Waals surface area contributed by atoms with Gasteiger partial charge in [0.25, 0.3) is 5.91 Å². The van der Waals surface area contributed by atoms with Crippen LogP contribution in [-0.4, -0.2) is 59.5 Å². The van der Waals surface area contributed by atoms with Crippen molar-refractivity contribution in [1.82, 2.24) is 15.1 Å². The molecule has 7 heteroatoms. The van der Waals surface area contributed by atoms with Crippen LogP contribution in [0.1, 0.15) is 26.3 Å². The first kappa shape index (κ1) is 17.4. The summed E-state index contributed by atoms with van der Waals surface area (Å²) in [5.41, 5.74) is -0.457. The number of carbonyl (C=O) groups excluding carboxylic acids is 3. The van der Waals surface area contributed by atoms with E-state index in [1.54, 1.807) is 24.0 Å². The Labute approximate surface area is 146 Å². The predicted octanol–water partition coefficient (Wildman–Crippen LogP) is 1.09. The van der Waals surface area contributed by atoms with Gasteiger partial charge in [0.05, 0.1) is 12.2 Å². The summed E-state index contributed by atoms with van der Waals surface area (Å²) >= 11 is 0. The van der Waals surface area contributed by atoms with Crippen LogP contribution in [0, 0.1) is 0 Å². The van der Waals surface area contributed by atoms with Crippen LogP contribution in [0.5, 0.6) is 0 Å². The van der Waals surface area contributed by atoms with Gasteiger partial charge in [0.1, 0.15) is 12.1 Å². The molecule has 0 saturated carbocycles. The quantitative estimate of drug-likeness (QED) is 0.832. The van der Waals surface area contributed by atoms with Gasteiger partial charge < -0.3 is 15.0 Å². The third kappa shape index (κ3) is 3.24. The fourth-order valence-corrected chi connectivity index (χ4v) is 3.42. The molecule has 1 N–H and O–H groups in total. The maximum Gasteiger partial charge on any atom is 0.325 e. The van der Waals surface area contributed by atoms with Crippen molar-refractivity contribution in [3.63, 3.8) is 0 Å². The van der Waals surface area contributed by atoms with Gasteiger partial charge >= 0.3 is 6.03 Å². The van der Waals surface area contributed by atoms with E-state index in [1.165, 1.54) is 0 Å². The van der Waals surface area contributed by atoms with Gasteiger partial charge in [-0.05, 0) is 26.3 Å². The third-order valence-corrected chi connectivity index (χ3v) is 4.69. The molecule has 2 fully saturated rings. The van der Waals surface area contributed by atoms with Crippen LogP contribution in [0.15, 0.2) is 30.3 Å². The van der Waals surface area contributed by atoms with Crippen LogP contribution in [0.4, 0.5) is 4.79 Å². The predicted molar refractivity (Wildman–Crippen MR) is 90.6 cm³/mol. The summed E-state index contributed by atoms with van der Waals surface area (Å²) in [4.78, 5) is 40.4. The second kappa shape index (κ2) is 6.48. The molecule has 134 valence electrons.